The molecule has 0 radical (unpaired) electrons. The number of hydrogen-bond donors (Lipinski definition) is 2. The predicted octanol–water partition coefficient (Wildman–Crippen LogP) is 1.66. The molecule has 0 unspecified atom stereocenters. The Kier molecular flexibility index (Phi) is 3.18. The summed E-state index contributed by atoms with van der Waals surface area (Å²) in [6.45, 7) is 1.41. The third-order valence-electron chi connectivity index (χ3n) is 1.85. The molecule has 0 bridgehead atoms. The van der Waals surface area contributed by atoms with Crippen LogP contribution in [0.4, 0.5) is 8.78 Å². The van der Waals surface area contributed by atoms with Crippen molar-refractivity contribution in [2.75, 3.05) is 0 Å². The van der Waals surface area contributed by atoms with Gasteiger partial charge in [0.05, 0.1) is 17.8 Å². The molecule has 1 aromatic heterocycles. The molecule has 82 valence electrons. The maximum absolute atomic E-state index is 12.4. The molecule has 1 heterocycles. The average Bonchev–Trinajstić information content (AvgIpc) is 2.09. The summed E-state index contributed by atoms with van der Waals surface area (Å²) in [6, 6.07) is 0.852. The minimum atomic E-state index is -2.85. The Morgan fingerprint density at radius 1 is 1.60 bits per heavy atom. The number of aromatic hydroxyl groups is 1. The third-order valence-corrected chi connectivity index (χ3v) is 1.85. The van der Waals surface area contributed by atoms with Gasteiger partial charge in [0.25, 0.3) is 6.43 Å². The summed E-state index contributed by atoms with van der Waals surface area (Å²) >= 11 is 0. The molecule has 0 fully saturated rings. The van der Waals surface area contributed by atoms with Crippen LogP contribution >= 0.6 is 0 Å². The second-order valence-corrected chi connectivity index (χ2v) is 3.00. The van der Waals surface area contributed by atoms with Crippen LogP contribution < -0.4 is 0 Å². The quantitative estimate of drug-likeness (QED) is 0.807. The van der Waals surface area contributed by atoms with Gasteiger partial charge in [0.2, 0.25) is 0 Å². The Morgan fingerprint density at radius 2 is 2.20 bits per heavy atom. The monoisotopic (exact) mass is 217 g/mol. The Balaban J connectivity index is 3.21. The number of aryl methyl sites for hydroxylation is 1. The number of alkyl halides is 2. The van der Waals surface area contributed by atoms with Crippen LogP contribution in [0, 0.1) is 6.92 Å². The van der Waals surface area contributed by atoms with Crippen molar-refractivity contribution >= 4 is 5.97 Å². The molecule has 0 amide bonds. The number of nitrogens with zero attached hydrogens (tertiary/aromatic N) is 1. The smallest absolute Gasteiger partial charge is 0.309 e. The van der Waals surface area contributed by atoms with Crippen molar-refractivity contribution in [1.82, 2.24) is 4.98 Å². The van der Waals surface area contributed by atoms with E-state index in [2.05, 4.69) is 4.98 Å². The molecule has 6 heteroatoms. The van der Waals surface area contributed by atoms with E-state index in [0.717, 1.165) is 6.07 Å². The fourth-order valence-electron chi connectivity index (χ4n) is 1.13. The van der Waals surface area contributed by atoms with Crippen molar-refractivity contribution in [3.05, 3.63) is 23.0 Å². The number of carboxylic acid groups (broad SMARTS) is 1. The molecule has 1 aromatic rings. The van der Waals surface area contributed by atoms with Gasteiger partial charge in [0.15, 0.2) is 0 Å². The van der Waals surface area contributed by atoms with Gasteiger partial charge in [-0.3, -0.25) is 9.78 Å². The van der Waals surface area contributed by atoms with E-state index in [9.17, 15) is 13.6 Å². The molecule has 0 saturated carbocycles. The van der Waals surface area contributed by atoms with Crippen LogP contribution in [0.5, 0.6) is 5.75 Å². The number of rotatable bonds is 3. The summed E-state index contributed by atoms with van der Waals surface area (Å²) in [4.78, 5) is 14.0. The van der Waals surface area contributed by atoms with Gasteiger partial charge in [-0.1, -0.05) is 0 Å². The average molecular weight is 217 g/mol. The van der Waals surface area contributed by atoms with Crippen LogP contribution in [-0.2, 0) is 11.2 Å². The second kappa shape index (κ2) is 4.20. The van der Waals surface area contributed by atoms with E-state index < -0.39 is 24.4 Å². The van der Waals surface area contributed by atoms with E-state index in [-0.39, 0.29) is 17.1 Å². The van der Waals surface area contributed by atoms with E-state index >= 15 is 0 Å². The zero-order valence-corrected chi connectivity index (χ0v) is 7.87. The van der Waals surface area contributed by atoms with Crippen molar-refractivity contribution in [2.45, 2.75) is 19.8 Å². The Bertz CT molecular complexity index is 393. The molecule has 0 aliphatic rings. The van der Waals surface area contributed by atoms with Crippen LogP contribution in [0.2, 0.25) is 0 Å². The van der Waals surface area contributed by atoms with Gasteiger partial charge in [0.1, 0.15) is 5.75 Å². The number of halogens is 2. The van der Waals surface area contributed by atoms with E-state index in [1.165, 1.54) is 6.92 Å². The highest BCUT2D eigenvalue weighted by molar-refractivity contribution is 5.70. The van der Waals surface area contributed by atoms with Crippen molar-refractivity contribution in [1.29, 1.82) is 0 Å². The molecular weight excluding hydrogens is 208 g/mol. The van der Waals surface area contributed by atoms with Crippen molar-refractivity contribution < 1.29 is 23.8 Å². The summed E-state index contributed by atoms with van der Waals surface area (Å²) < 4.78 is 24.9. The van der Waals surface area contributed by atoms with Gasteiger partial charge in [0, 0.05) is 5.56 Å². The van der Waals surface area contributed by atoms with Crippen LogP contribution in [-0.4, -0.2) is 21.2 Å². The molecule has 15 heavy (non-hydrogen) atoms. The number of carbonyl (C=O) groups is 1. The Hall–Kier alpha value is -1.72. The van der Waals surface area contributed by atoms with Gasteiger partial charge in [-0.2, -0.15) is 0 Å². The predicted molar refractivity (Wildman–Crippen MR) is 46.9 cm³/mol. The van der Waals surface area contributed by atoms with Crippen molar-refractivity contribution in [3.63, 3.8) is 0 Å². The van der Waals surface area contributed by atoms with Crippen molar-refractivity contribution in [2.24, 2.45) is 0 Å². The lowest BCUT2D eigenvalue weighted by atomic mass is 10.1. The minimum Gasteiger partial charge on any atom is -0.506 e. The highest BCUT2D eigenvalue weighted by atomic mass is 19.3. The first kappa shape index (κ1) is 11.4. The normalized spacial score (nSPS) is 10.7. The molecular formula is C9H9F2NO3. The minimum absolute atomic E-state index is 0.135. The molecule has 0 aromatic carbocycles. The standard InChI is InChI=1S/C9H9F2NO3/c1-4-7(13)2-5(9(10)11)6(12-4)3-8(14)15/h2,9,13H,3H2,1H3,(H,14,15). The van der Waals surface area contributed by atoms with E-state index in [0.29, 0.717) is 0 Å². The lowest BCUT2D eigenvalue weighted by molar-refractivity contribution is -0.136. The molecule has 0 aliphatic carbocycles. The van der Waals surface area contributed by atoms with Gasteiger partial charge < -0.3 is 10.2 Å². The number of carboxylic acids is 1. The summed E-state index contributed by atoms with van der Waals surface area (Å²) in [5, 5.41) is 17.7. The number of pyridine rings is 1. The molecule has 0 spiro atoms. The van der Waals surface area contributed by atoms with Crippen LogP contribution in [0.25, 0.3) is 0 Å². The van der Waals surface area contributed by atoms with E-state index in [4.69, 9.17) is 10.2 Å². The topological polar surface area (TPSA) is 70.4 Å². The third kappa shape index (κ3) is 2.61. The Morgan fingerprint density at radius 3 is 2.67 bits per heavy atom. The summed E-state index contributed by atoms with van der Waals surface area (Å²) in [6.07, 6.45) is -3.43. The highest BCUT2D eigenvalue weighted by Gasteiger charge is 2.18. The first-order chi connectivity index (χ1) is 6.91. The molecule has 1 rings (SSSR count). The molecule has 2 N–H and O–H groups in total. The SMILES string of the molecule is Cc1nc(CC(=O)O)c(C(F)F)cc1O. The summed E-state index contributed by atoms with van der Waals surface area (Å²) in [7, 11) is 0. The lowest BCUT2D eigenvalue weighted by Crippen LogP contribution is -2.07. The van der Waals surface area contributed by atoms with Gasteiger partial charge in [-0.15, -0.1) is 0 Å². The number of aromatic nitrogens is 1. The first-order valence-electron chi connectivity index (χ1n) is 4.11. The fourth-order valence-corrected chi connectivity index (χ4v) is 1.13. The lowest BCUT2D eigenvalue weighted by Gasteiger charge is -2.08. The van der Waals surface area contributed by atoms with Gasteiger partial charge in [-0.25, -0.2) is 8.78 Å². The maximum Gasteiger partial charge on any atom is 0.309 e. The zero-order valence-electron chi connectivity index (χ0n) is 7.87. The number of hydrogen-bond acceptors (Lipinski definition) is 3. The van der Waals surface area contributed by atoms with Crippen LogP contribution in [0.3, 0.4) is 0 Å². The first-order valence-corrected chi connectivity index (χ1v) is 4.11. The fraction of sp³-hybridized carbons (Fsp3) is 0.333. The molecule has 0 aliphatic heterocycles. The number of aliphatic carboxylic acids is 1. The molecule has 4 nitrogen and oxygen atoms in total. The summed E-state index contributed by atoms with van der Waals surface area (Å²) in [5.74, 6) is -1.60. The second-order valence-electron chi connectivity index (χ2n) is 3.00. The zero-order chi connectivity index (χ0) is 11.6. The highest BCUT2D eigenvalue weighted by Crippen LogP contribution is 2.27. The maximum atomic E-state index is 12.4. The van der Waals surface area contributed by atoms with Crippen molar-refractivity contribution in [3.8, 4) is 5.75 Å². The molecule has 0 atom stereocenters. The van der Waals surface area contributed by atoms with Crippen LogP contribution in [0.1, 0.15) is 23.4 Å². The van der Waals surface area contributed by atoms with Gasteiger partial charge in [-0.05, 0) is 13.0 Å². The molecule has 0 saturated heterocycles. The van der Waals surface area contributed by atoms with Crippen LogP contribution in [0.15, 0.2) is 6.07 Å². The van der Waals surface area contributed by atoms with E-state index in [1.54, 1.807) is 0 Å². The largest absolute Gasteiger partial charge is 0.506 e. The Labute approximate surface area is 84.2 Å². The van der Waals surface area contributed by atoms with E-state index in [1.807, 2.05) is 0 Å². The van der Waals surface area contributed by atoms with Gasteiger partial charge >= 0.3 is 5.97 Å². The summed E-state index contributed by atoms with van der Waals surface area (Å²) in [5.41, 5.74) is -0.621.